The molecule has 0 unspecified atom stereocenters. The standard InChI is InChI=1S/C20H25N5O3/c1-14-13-16(18(26)22-15-5-2-3-6-15)23-20(21-14)25-10-8-24(9-11-25)19(27)17-7-4-12-28-17/h4,7,12-13,15H,2-3,5-6,8-11H2,1H3,(H,22,26). The van der Waals surface area contributed by atoms with Crippen molar-refractivity contribution in [2.24, 2.45) is 0 Å². The van der Waals surface area contributed by atoms with Gasteiger partial charge in [0.05, 0.1) is 6.26 Å². The zero-order chi connectivity index (χ0) is 19.5. The van der Waals surface area contributed by atoms with E-state index in [0.29, 0.717) is 43.6 Å². The maximum absolute atomic E-state index is 12.6. The first-order chi connectivity index (χ1) is 13.6. The lowest BCUT2D eigenvalue weighted by Gasteiger charge is -2.34. The lowest BCUT2D eigenvalue weighted by Crippen LogP contribution is -2.49. The second kappa shape index (κ2) is 8.00. The minimum absolute atomic E-state index is 0.105. The molecule has 2 aromatic rings. The monoisotopic (exact) mass is 383 g/mol. The highest BCUT2D eigenvalue weighted by molar-refractivity contribution is 5.93. The van der Waals surface area contributed by atoms with E-state index in [1.165, 1.54) is 19.1 Å². The Bertz CT molecular complexity index is 838. The zero-order valence-electron chi connectivity index (χ0n) is 16.1. The highest BCUT2D eigenvalue weighted by Gasteiger charge is 2.26. The summed E-state index contributed by atoms with van der Waals surface area (Å²) in [6.07, 6.45) is 5.91. The third-order valence-electron chi connectivity index (χ3n) is 5.35. The van der Waals surface area contributed by atoms with Crippen LogP contribution in [0.5, 0.6) is 0 Å². The number of aryl methyl sites for hydroxylation is 1. The number of nitrogens with one attached hydrogen (secondary N) is 1. The fraction of sp³-hybridized carbons (Fsp3) is 0.500. The molecule has 8 heteroatoms. The van der Waals surface area contributed by atoms with Crippen LogP contribution in [0.4, 0.5) is 5.95 Å². The maximum atomic E-state index is 12.6. The molecular weight excluding hydrogens is 358 g/mol. The van der Waals surface area contributed by atoms with Gasteiger partial charge < -0.3 is 19.5 Å². The molecule has 0 spiro atoms. The molecule has 3 heterocycles. The Morgan fingerprint density at radius 1 is 1.14 bits per heavy atom. The van der Waals surface area contributed by atoms with Gasteiger partial charge in [-0.15, -0.1) is 0 Å². The Labute approximate surface area is 163 Å². The number of amides is 2. The van der Waals surface area contributed by atoms with E-state index in [-0.39, 0.29) is 17.9 Å². The molecule has 1 saturated carbocycles. The minimum atomic E-state index is -0.134. The van der Waals surface area contributed by atoms with Crippen LogP contribution >= 0.6 is 0 Å². The van der Waals surface area contributed by atoms with E-state index in [1.807, 2.05) is 11.8 Å². The fourth-order valence-electron chi connectivity index (χ4n) is 3.81. The lowest BCUT2D eigenvalue weighted by molar-refractivity contribution is 0.0714. The number of rotatable bonds is 4. The first-order valence-electron chi connectivity index (χ1n) is 9.84. The molecule has 2 amide bonds. The van der Waals surface area contributed by atoms with Gasteiger partial charge in [-0.25, -0.2) is 9.97 Å². The molecule has 2 aliphatic rings. The van der Waals surface area contributed by atoms with Crippen LogP contribution in [-0.4, -0.2) is 58.9 Å². The van der Waals surface area contributed by atoms with Gasteiger partial charge in [0, 0.05) is 37.9 Å². The van der Waals surface area contributed by atoms with E-state index in [9.17, 15) is 9.59 Å². The highest BCUT2D eigenvalue weighted by Crippen LogP contribution is 2.19. The van der Waals surface area contributed by atoms with Gasteiger partial charge in [-0.3, -0.25) is 9.59 Å². The molecule has 2 fully saturated rings. The quantitative estimate of drug-likeness (QED) is 0.868. The van der Waals surface area contributed by atoms with Crippen LogP contribution in [0.15, 0.2) is 28.9 Å². The molecule has 1 aliphatic heterocycles. The van der Waals surface area contributed by atoms with Crippen molar-refractivity contribution in [2.45, 2.75) is 38.6 Å². The molecule has 28 heavy (non-hydrogen) atoms. The van der Waals surface area contributed by atoms with Crippen molar-refractivity contribution in [3.05, 3.63) is 41.6 Å². The van der Waals surface area contributed by atoms with E-state index in [1.54, 1.807) is 23.1 Å². The number of hydrogen-bond acceptors (Lipinski definition) is 6. The number of hydrogen-bond donors (Lipinski definition) is 1. The van der Waals surface area contributed by atoms with Crippen LogP contribution in [0, 0.1) is 6.92 Å². The topological polar surface area (TPSA) is 91.6 Å². The van der Waals surface area contributed by atoms with Gasteiger partial charge in [-0.05, 0) is 38.0 Å². The van der Waals surface area contributed by atoms with E-state index in [4.69, 9.17) is 4.42 Å². The van der Waals surface area contributed by atoms with E-state index in [0.717, 1.165) is 18.5 Å². The number of piperazine rings is 1. The summed E-state index contributed by atoms with van der Waals surface area (Å²) >= 11 is 0. The lowest BCUT2D eigenvalue weighted by atomic mass is 10.2. The first-order valence-corrected chi connectivity index (χ1v) is 9.84. The molecule has 0 radical (unpaired) electrons. The number of anilines is 1. The van der Waals surface area contributed by atoms with Crippen LogP contribution in [-0.2, 0) is 0 Å². The largest absolute Gasteiger partial charge is 0.459 e. The van der Waals surface area contributed by atoms with Crippen LogP contribution in [0.1, 0.15) is 52.4 Å². The van der Waals surface area contributed by atoms with Gasteiger partial charge in [0.2, 0.25) is 5.95 Å². The number of nitrogens with zero attached hydrogens (tertiary/aromatic N) is 4. The SMILES string of the molecule is Cc1cc(C(=O)NC2CCCC2)nc(N2CCN(C(=O)c3ccco3)CC2)n1. The second-order valence-corrected chi connectivity index (χ2v) is 7.41. The van der Waals surface area contributed by atoms with Gasteiger partial charge in [0.15, 0.2) is 5.76 Å². The Balaban J connectivity index is 1.41. The molecule has 0 bridgehead atoms. The summed E-state index contributed by atoms with van der Waals surface area (Å²) in [5.74, 6) is 0.657. The van der Waals surface area contributed by atoms with E-state index < -0.39 is 0 Å². The van der Waals surface area contributed by atoms with Crippen molar-refractivity contribution < 1.29 is 14.0 Å². The molecule has 0 atom stereocenters. The number of carbonyl (C=O) groups excluding carboxylic acids is 2. The van der Waals surface area contributed by atoms with Gasteiger partial charge >= 0.3 is 0 Å². The third kappa shape index (κ3) is 4.00. The predicted octanol–water partition coefficient (Wildman–Crippen LogP) is 2.01. The minimum Gasteiger partial charge on any atom is -0.459 e. The van der Waals surface area contributed by atoms with Gasteiger partial charge in [-0.1, -0.05) is 12.8 Å². The summed E-state index contributed by atoms with van der Waals surface area (Å²) in [4.78, 5) is 37.8. The van der Waals surface area contributed by atoms with Gasteiger partial charge in [0.25, 0.3) is 11.8 Å². The summed E-state index contributed by atoms with van der Waals surface area (Å²) in [6, 6.07) is 5.36. The Kier molecular flexibility index (Phi) is 5.27. The molecule has 1 N–H and O–H groups in total. The summed E-state index contributed by atoms with van der Waals surface area (Å²) in [7, 11) is 0. The van der Waals surface area contributed by atoms with Crippen molar-refractivity contribution in [2.75, 3.05) is 31.1 Å². The van der Waals surface area contributed by atoms with Crippen LogP contribution in [0.2, 0.25) is 0 Å². The Morgan fingerprint density at radius 2 is 1.89 bits per heavy atom. The molecule has 2 aromatic heterocycles. The van der Waals surface area contributed by atoms with Gasteiger partial charge in [-0.2, -0.15) is 0 Å². The average molecular weight is 383 g/mol. The van der Waals surface area contributed by atoms with E-state index in [2.05, 4.69) is 15.3 Å². The molecule has 0 aromatic carbocycles. The van der Waals surface area contributed by atoms with Crippen molar-refractivity contribution in [1.29, 1.82) is 0 Å². The normalized spacial score (nSPS) is 17.8. The zero-order valence-corrected chi connectivity index (χ0v) is 16.1. The number of furan rings is 1. The van der Waals surface area contributed by atoms with Crippen molar-refractivity contribution in [3.8, 4) is 0 Å². The van der Waals surface area contributed by atoms with Crippen LogP contribution in [0.25, 0.3) is 0 Å². The Morgan fingerprint density at radius 3 is 2.57 bits per heavy atom. The molecule has 8 nitrogen and oxygen atoms in total. The molecule has 1 aliphatic carbocycles. The molecule has 1 saturated heterocycles. The second-order valence-electron chi connectivity index (χ2n) is 7.41. The predicted molar refractivity (Wildman–Crippen MR) is 103 cm³/mol. The first kappa shape index (κ1) is 18.5. The van der Waals surface area contributed by atoms with Crippen molar-refractivity contribution >= 4 is 17.8 Å². The summed E-state index contributed by atoms with van der Waals surface area (Å²) < 4.78 is 5.20. The summed E-state index contributed by atoms with van der Waals surface area (Å²) in [5, 5.41) is 3.08. The number of carbonyl (C=O) groups is 2. The molecule has 4 rings (SSSR count). The molecule has 148 valence electrons. The van der Waals surface area contributed by atoms with Crippen molar-refractivity contribution in [1.82, 2.24) is 20.2 Å². The summed E-state index contributed by atoms with van der Waals surface area (Å²) in [5.41, 5.74) is 1.17. The number of aromatic nitrogens is 2. The summed E-state index contributed by atoms with van der Waals surface area (Å²) in [6.45, 7) is 4.20. The highest BCUT2D eigenvalue weighted by atomic mass is 16.3. The van der Waals surface area contributed by atoms with Crippen LogP contribution in [0.3, 0.4) is 0 Å². The maximum Gasteiger partial charge on any atom is 0.289 e. The van der Waals surface area contributed by atoms with E-state index >= 15 is 0 Å². The Hall–Kier alpha value is -2.90. The van der Waals surface area contributed by atoms with Gasteiger partial charge in [0.1, 0.15) is 5.69 Å². The third-order valence-corrected chi connectivity index (χ3v) is 5.35. The smallest absolute Gasteiger partial charge is 0.289 e. The van der Waals surface area contributed by atoms with Crippen molar-refractivity contribution in [3.63, 3.8) is 0 Å². The fourth-order valence-corrected chi connectivity index (χ4v) is 3.81. The average Bonchev–Trinajstić information content (AvgIpc) is 3.41. The van der Waals surface area contributed by atoms with Crippen LogP contribution < -0.4 is 10.2 Å². The molecular formula is C20H25N5O3.